The fourth-order valence-electron chi connectivity index (χ4n) is 1.57. The van der Waals surface area contributed by atoms with Crippen molar-refractivity contribution in [2.75, 3.05) is 25.5 Å². The second kappa shape index (κ2) is 5.49. The van der Waals surface area contributed by atoms with Gasteiger partial charge in [0.25, 0.3) is 0 Å². The molecule has 0 saturated carbocycles. The third kappa shape index (κ3) is 3.22. The van der Waals surface area contributed by atoms with Gasteiger partial charge in [-0.05, 0) is 19.1 Å². The molecule has 0 aromatic carbocycles. The van der Waals surface area contributed by atoms with Gasteiger partial charge in [-0.1, -0.05) is 13.0 Å². The number of carbonyl (C=O) groups excluding carboxylic acids is 1. The summed E-state index contributed by atoms with van der Waals surface area (Å²) in [6.07, 6.45) is 0. The molecule has 4 heteroatoms. The minimum absolute atomic E-state index is 0.0442. The predicted octanol–water partition coefficient (Wildman–Crippen LogP) is 1.21. The Balaban J connectivity index is 2.65. The van der Waals surface area contributed by atoms with Crippen molar-refractivity contribution in [1.82, 2.24) is 10.3 Å². The average Bonchev–Trinajstić information content (AvgIpc) is 2.27. The number of nitrogens with zero attached hydrogens (tertiary/aromatic N) is 2. The van der Waals surface area contributed by atoms with Crippen LogP contribution in [0.4, 0.5) is 5.82 Å². The molecule has 1 N–H and O–H groups in total. The van der Waals surface area contributed by atoms with Gasteiger partial charge in [0.05, 0.1) is 5.92 Å². The zero-order valence-corrected chi connectivity index (χ0v) is 10.3. The number of amides is 1. The third-order valence-corrected chi connectivity index (χ3v) is 2.51. The summed E-state index contributed by atoms with van der Waals surface area (Å²) in [7, 11) is 3.60. The Morgan fingerprint density at radius 1 is 1.56 bits per heavy atom. The molecule has 0 fully saturated rings. The first-order valence-corrected chi connectivity index (χ1v) is 5.41. The molecule has 1 aromatic rings. The Kier molecular flexibility index (Phi) is 4.28. The summed E-state index contributed by atoms with van der Waals surface area (Å²) >= 11 is 0. The fourth-order valence-corrected chi connectivity index (χ4v) is 1.57. The van der Waals surface area contributed by atoms with Crippen LogP contribution in [0.5, 0.6) is 0 Å². The lowest BCUT2D eigenvalue weighted by Gasteiger charge is -2.21. The minimum atomic E-state index is -0.0442. The van der Waals surface area contributed by atoms with Gasteiger partial charge in [-0.2, -0.15) is 0 Å². The van der Waals surface area contributed by atoms with Gasteiger partial charge in [-0.25, -0.2) is 4.98 Å². The van der Waals surface area contributed by atoms with Gasteiger partial charge in [0.2, 0.25) is 5.91 Å². The number of carbonyl (C=O) groups is 1. The van der Waals surface area contributed by atoms with E-state index in [1.165, 1.54) is 0 Å². The van der Waals surface area contributed by atoms with Gasteiger partial charge in [0.1, 0.15) is 5.82 Å². The van der Waals surface area contributed by atoms with Crippen molar-refractivity contribution < 1.29 is 4.79 Å². The molecule has 0 aliphatic carbocycles. The normalized spacial score (nSPS) is 12.0. The van der Waals surface area contributed by atoms with Crippen LogP contribution in [-0.4, -0.2) is 31.5 Å². The SMILES string of the molecule is CNC(=O)C(C)CN(C)c1cccc(C)n1. The van der Waals surface area contributed by atoms with Gasteiger partial charge in [0, 0.05) is 26.3 Å². The van der Waals surface area contributed by atoms with E-state index in [0.717, 1.165) is 11.5 Å². The molecule has 0 aliphatic rings. The molecule has 16 heavy (non-hydrogen) atoms. The molecule has 1 aromatic heterocycles. The molecule has 0 saturated heterocycles. The lowest BCUT2D eigenvalue weighted by molar-refractivity contribution is -0.123. The van der Waals surface area contributed by atoms with E-state index in [1.54, 1.807) is 7.05 Å². The van der Waals surface area contributed by atoms with Crippen LogP contribution >= 0.6 is 0 Å². The smallest absolute Gasteiger partial charge is 0.224 e. The highest BCUT2D eigenvalue weighted by molar-refractivity contribution is 5.78. The summed E-state index contributed by atoms with van der Waals surface area (Å²) in [5, 5.41) is 2.65. The van der Waals surface area contributed by atoms with Gasteiger partial charge in [0.15, 0.2) is 0 Å². The van der Waals surface area contributed by atoms with E-state index in [0.29, 0.717) is 6.54 Å². The number of aryl methyl sites for hydroxylation is 1. The van der Waals surface area contributed by atoms with Gasteiger partial charge in [-0.15, -0.1) is 0 Å². The summed E-state index contributed by atoms with van der Waals surface area (Å²) in [5.41, 5.74) is 0.983. The number of anilines is 1. The highest BCUT2D eigenvalue weighted by Crippen LogP contribution is 2.11. The Morgan fingerprint density at radius 3 is 2.81 bits per heavy atom. The Hall–Kier alpha value is -1.58. The summed E-state index contributed by atoms with van der Waals surface area (Å²) in [6.45, 7) is 4.53. The molecule has 4 nitrogen and oxygen atoms in total. The second-order valence-corrected chi connectivity index (χ2v) is 4.03. The topological polar surface area (TPSA) is 45.2 Å². The van der Waals surface area contributed by atoms with E-state index in [4.69, 9.17) is 0 Å². The lowest BCUT2D eigenvalue weighted by atomic mass is 10.1. The number of nitrogens with one attached hydrogen (secondary N) is 1. The number of hydrogen-bond acceptors (Lipinski definition) is 3. The van der Waals surface area contributed by atoms with Crippen molar-refractivity contribution in [1.29, 1.82) is 0 Å². The summed E-state index contributed by atoms with van der Waals surface area (Å²) in [6, 6.07) is 5.88. The molecular weight excluding hydrogens is 202 g/mol. The Morgan fingerprint density at radius 2 is 2.25 bits per heavy atom. The lowest BCUT2D eigenvalue weighted by Crippen LogP contribution is -2.34. The number of hydrogen-bond donors (Lipinski definition) is 1. The van der Waals surface area contributed by atoms with Crippen LogP contribution in [0.25, 0.3) is 0 Å². The van der Waals surface area contributed by atoms with Gasteiger partial charge in [-0.3, -0.25) is 4.79 Å². The first-order chi connectivity index (χ1) is 7.54. The molecule has 1 heterocycles. The van der Waals surface area contributed by atoms with Crippen LogP contribution in [0, 0.1) is 12.8 Å². The van der Waals surface area contributed by atoms with Crippen LogP contribution < -0.4 is 10.2 Å². The van der Waals surface area contributed by atoms with Crippen molar-refractivity contribution in [3.05, 3.63) is 23.9 Å². The number of rotatable bonds is 4. The Labute approximate surface area is 96.7 Å². The Bertz CT molecular complexity index is 365. The average molecular weight is 221 g/mol. The largest absolute Gasteiger partial charge is 0.359 e. The molecule has 0 radical (unpaired) electrons. The van der Waals surface area contributed by atoms with Crippen molar-refractivity contribution in [3.63, 3.8) is 0 Å². The maximum atomic E-state index is 11.4. The van der Waals surface area contributed by atoms with Crippen LogP contribution in [0.15, 0.2) is 18.2 Å². The van der Waals surface area contributed by atoms with Crippen molar-refractivity contribution in [2.24, 2.45) is 5.92 Å². The van der Waals surface area contributed by atoms with E-state index >= 15 is 0 Å². The van der Waals surface area contributed by atoms with Crippen LogP contribution in [-0.2, 0) is 4.79 Å². The van der Waals surface area contributed by atoms with Crippen LogP contribution in [0.3, 0.4) is 0 Å². The summed E-state index contributed by atoms with van der Waals surface area (Å²) in [4.78, 5) is 17.8. The number of pyridine rings is 1. The highest BCUT2D eigenvalue weighted by atomic mass is 16.1. The van der Waals surface area contributed by atoms with Crippen LogP contribution in [0.2, 0.25) is 0 Å². The van der Waals surface area contributed by atoms with E-state index < -0.39 is 0 Å². The minimum Gasteiger partial charge on any atom is -0.359 e. The molecule has 1 rings (SSSR count). The zero-order chi connectivity index (χ0) is 12.1. The molecule has 0 bridgehead atoms. The molecule has 1 amide bonds. The standard InChI is InChI=1S/C12H19N3O/c1-9(12(16)13-3)8-15(4)11-7-5-6-10(2)14-11/h5-7,9H,8H2,1-4H3,(H,13,16). The molecule has 88 valence electrons. The molecular formula is C12H19N3O. The van der Waals surface area contributed by atoms with E-state index in [1.807, 2.05) is 44.0 Å². The van der Waals surface area contributed by atoms with Gasteiger partial charge >= 0.3 is 0 Å². The van der Waals surface area contributed by atoms with Crippen molar-refractivity contribution in [3.8, 4) is 0 Å². The summed E-state index contributed by atoms with van der Waals surface area (Å²) in [5.74, 6) is 0.910. The van der Waals surface area contributed by atoms with Crippen molar-refractivity contribution >= 4 is 11.7 Å². The first-order valence-electron chi connectivity index (χ1n) is 5.41. The molecule has 0 spiro atoms. The van der Waals surface area contributed by atoms with Crippen LogP contribution in [0.1, 0.15) is 12.6 Å². The van der Waals surface area contributed by atoms with E-state index in [-0.39, 0.29) is 11.8 Å². The number of aromatic nitrogens is 1. The maximum absolute atomic E-state index is 11.4. The predicted molar refractivity (Wildman–Crippen MR) is 65.5 cm³/mol. The molecule has 1 atom stereocenters. The van der Waals surface area contributed by atoms with Crippen molar-refractivity contribution in [2.45, 2.75) is 13.8 Å². The van der Waals surface area contributed by atoms with E-state index in [9.17, 15) is 4.79 Å². The molecule has 1 unspecified atom stereocenters. The monoisotopic (exact) mass is 221 g/mol. The summed E-state index contributed by atoms with van der Waals surface area (Å²) < 4.78 is 0. The quantitative estimate of drug-likeness (QED) is 0.831. The molecule has 0 aliphatic heterocycles. The highest BCUT2D eigenvalue weighted by Gasteiger charge is 2.14. The van der Waals surface area contributed by atoms with E-state index in [2.05, 4.69) is 10.3 Å². The first kappa shape index (κ1) is 12.5. The third-order valence-electron chi connectivity index (χ3n) is 2.51. The van der Waals surface area contributed by atoms with Gasteiger partial charge < -0.3 is 10.2 Å². The fraction of sp³-hybridized carbons (Fsp3) is 0.500. The second-order valence-electron chi connectivity index (χ2n) is 4.03. The zero-order valence-electron chi connectivity index (χ0n) is 10.3. The maximum Gasteiger partial charge on any atom is 0.224 e.